The number of carbonyl (C=O) groups is 2. The lowest BCUT2D eigenvalue weighted by molar-refractivity contribution is 0.0716. The van der Waals surface area contributed by atoms with Gasteiger partial charge < -0.3 is 18.8 Å². The van der Waals surface area contributed by atoms with Gasteiger partial charge in [0, 0.05) is 37.1 Å². The minimum atomic E-state index is -0.449. The third-order valence-electron chi connectivity index (χ3n) is 8.25. The second-order valence-corrected chi connectivity index (χ2v) is 11.3. The molecule has 0 aliphatic carbocycles. The summed E-state index contributed by atoms with van der Waals surface area (Å²) in [5, 5.41) is 8.28. The predicted octanol–water partition coefficient (Wildman–Crippen LogP) is 5.53. The van der Waals surface area contributed by atoms with Gasteiger partial charge in [-0.15, -0.1) is 0 Å². The van der Waals surface area contributed by atoms with E-state index in [9.17, 15) is 9.59 Å². The van der Waals surface area contributed by atoms with Crippen LogP contribution in [0.3, 0.4) is 0 Å². The first-order valence-corrected chi connectivity index (χ1v) is 15.4. The van der Waals surface area contributed by atoms with Crippen molar-refractivity contribution in [3.8, 4) is 0 Å². The molecule has 0 saturated carbocycles. The fourth-order valence-corrected chi connectivity index (χ4v) is 5.76. The number of hydrogen-bond donors (Lipinski definition) is 0. The minimum absolute atomic E-state index is 0.187. The molecule has 2 aliphatic rings. The molecule has 0 spiro atoms. The van der Waals surface area contributed by atoms with Gasteiger partial charge in [-0.2, -0.15) is 9.97 Å². The molecule has 7 rings (SSSR count). The van der Waals surface area contributed by atoms with Gasteiger partial charge in [-0.3, -0.25) is 9.59 Å². The molecule has 3 aromatic carbocycles. The molecule has 46 heavy (non-hydrogen) atoms. The molecule has 0 fully saturated rings. The Morgan fingerprint density at radius 3 is 1.41 bits per heavy atom. The topological polar surface area (TPSA) is 118 Å². The Balaban J connectivity index is 0.976. The first-order valence-electron chi connectivity index (χ1n) is 15.4. The van der Waals surface area contributed by atoms with Gasteiger partial charge in [0.1, 0.15) is 12.1 Å². The standard InChI is InChI=1S/C36H32N6O4/c43-35(41-23-7-13-29(41)33-37-31(39-45-33)21-15-25-9-3-1-4-10-25)27-17-19-28(20-18-27)36(44)42-24-8-14-30(42)34-38-32(40-46-34)22-16-26-11-5-2-6-12-26/h1-14,17-20,29-30H,15-16,21-24H2/t29-,30-/m0/s1. The average Bonchev–Trinajstić information content (AvgIpc) is 3.94. The zero-order valence-corrected chi connectivity index (χ0v) is 25.1. The predicted molar refractivity (Wildman–Crippen MR) is 169 cm³/mol. The van der Waals surface area contributed by atoms with Crippen molar-refractivity contribution < 1.29 is 18.6 Å². The van der Waals surface area contributed by atoms with Crippen molar-refractivity contribution in [2.45, 2.75) is 37.8 Å². The SMILES string of the molecule is O=C(c1ccc(C(=O)N2CC=C[C@H]2c2nc(CCc3ccccc3)no2)cc1)N1CC=C[C@H]1c1nc(CCc2ccccc2)no1. The molecule has 10 nitrogen and oxygen atoms in total. The van der Waals surface area contributed by atoms with E-state index in [0.717, 1.165) is 12.8 Å². The van der Waals surface area contributed by atoms with Crippen LogP contribution in [0.5, 0.6) is 0 Å². The van der Waals surface area contributed by atoms with E-state index < -0.39 is 12.1 Å². The summed E-state index contributed by atoms with van der Waals surface area (Å²) in [6, 6.07) is 26.1. The lowest BCUT2D eigenvalue weighted by Crippen LogP contribution is -2.32. The summed E-state index contributed by atoms with van der Waals surface area (Å²) < 4.78 is 11.1. The smallest absolute Gasteiger partial charge is 0.255 e. The number of amides is 2. The number of benzene rings is 3. The van der Waals surface area contributed by atoms with Crippen LogP contribution in [0.25, 0.3) is 0 Å². The Morgan fingerprint density at radius 1 is 0.587 bits per heavy atom. The second-order valence-electron chi connectivity index (χ2n) is 11.3. The molecule has 2 atom stereocenters. The van der Waals surface area contributed by atoms with Crippen LogP contribution in [0.4, 0.5) is 0 Å². The van der Waals surface area contributed by atoms with E-state index in [-0.39, 0.29) is 11.8 Å². The van der Waals surface area contributed by atoms with Crippen molar-refractivity contribution in [3.63, 3.8) is 0 Å². The van der Waals surface area contributed by atoms with Crippen LogP contribution in [0.1, 0.15) is 67.4 Å². The molecule has 10 heteroatoms. The molecule has 4 heterocycles. The summed E-state index contributed by atoms with van der Waals surface area (Å²) in [7, 11) is 0. The molecule has 5 aromatic rings. The van der Waals surface area contributed by atoms with Crippen LogP contribution >= 0.6 is 0 Å². The summed E-state index contributed by atoms with van der Waals surface area (Å²) in [6.07, 6.45) is 10.5. The Hall–Kier alpha value is -5.64. The maximum atomic E-state index is 13.5. The summed E-state index contributed by atoms with van der Waals surface area (Å²) in [5.41, 5.74) is 3.32. The average molecular weight is 613 g/mol. The summed E-state index contributed by atoms with van der Waals surface area (Å²) in [6.45, 7) is 0.842. The largest absolute Gasteiger partial charge is 0.337 e. The van der Waals surface area contributed by atoms with Crippen molar-refractivity contribution >= 4 is 11.8 Å². The quantitative estimate of drug-likeness (QED) is 0.189. The number of hydrogen-bond acceptors (Lipinski definition) is 8. The van der Waals surface area contributed by atoms with Crippen molar-refractivity contribution in [3.05, 3.63) is 155 Å². The van der Waals surface area contributed by atoms with E-state index in [1.807, 2.05) is 60.7 Å². The molecule has 0 unspecified atom stereocenters. The molecule has 0 saturated heterocycles. The Morgan fingerprint density at radius 2 is 1.00 bits per heavy atom. The van der Waals surface area contributed by atoms with Crippen LogP contribution in [0.15, 0.2) is 118 Å². The van der Waals surface area contributed by atoms with Gasteiger partial charge in [0.15, 0.2) is 11.6 Å². The number of aryl methyl sites for hydroxylation is 4. The highest BCUT2D eigenvalue weighted by Gasteiger charge is 2.33. The first kappa shape index (κ1) is 29.1. The zero-order chi connectivity index (χ0) is 31.3. The highest BCUT2D eigenvalue weighted by Crippen LogP contribution is 2.29. The third-order valence-corrected chi connectivity index (χ3v) is 8.25. The monoisotopic (exact) mass is 612 g/mol. The van der Waals surface area contributed by atoms with Crippen LogP contribution in [0.2, 0.25) is 0 Å². The van der Waals surface area contributed by atoms with E-state index in [0.29, 0.717) is 60.5 Å². The van der Waals surface area contributed by atoms with Crippen LogP contribution in [-0.4, -0.2) is 55.0 Å². The first-order chi connectivity index (χ1) is 22.6. The molecule has 230 valence electrons. The highest BCUT2D eigenvalue weighted by atomic mass is 16.5. The van der Waals surface area contributed by atoms with Crippen LogP contribution < -0.4 is 0 Å². The Labute approximate surface area is 266 Å². The molecule has 0 radical (unpaired) electrons. The van der Waals surface area contributed by atoms with Gasteiger partial charge in [0.05, 0.1) is 0 Å². The zero-order valence-electron chi connectivity index (χ0n) is 25.1. The van der Waals surface area contributed by atoms with Crippen molar-refractivity contribution in [2.24, 2.45) is 0 Å². The van der Waals surface area contributed by atoms with E-state index in [1.54, 1.807) is 34.1 Å². The molecule has 0 bridgehead atoms. The van der Waals surface area contributed by atoms with Gasteiger partial charge >= 0.3 is 0 Å². The summed E-state index contributed by atoms with van der Waals surface area (Å²) in [5.74, 6) is 1.60. The molecule has 2 aliphatic heterocycles. The molecular weight excluding hydrogens is 580 g/mol. The van der Waals surface area contributed by atoms with Crippen molar-refractivity contribution in [2.75, 3.05) is 13.1 Å². The van der Waals surface area contributed by atoms with E-state index in [1.165, 1.54) is 11.1 Å². The van der Waals surface area contributed by atoms with Gasteiger partial charge in [-0.1, -0.05) is 95.3 Å². The van der Waals surface area contributed by atoms with Crippen molar-refractivity contribution in [1.29, 1.82) is 0 Å². The maximum Gasteiger partial charge on any atom is 0.255 e. The third kappa shape index (κ3) is 6.28. The summed E-state index contributed by atoms with van der Waals surface area (Å²) in [4.78, 5) is 39.6. The lowest BCUT2D eigenvalue weighted by Gasteiger charge is -2.23. The summed E-state index contributed by atoms with van der Waals surface area (Å²) >= 11 is 0. The highest BCUT2D eigenvalue weighted by molar-refractivity contribution is 5.98. The molecule has 2 aromatic heterocycles. The van der Waals surface area contributed by atoms with Crippen LogP contribution in [-0.2, 0) is 25.7 Å². The van der Waals surface area contributed by atoms with Gasteiger partial charge in [-0.25, -0.2) is 0 Å². The molecule has 2 amide bonds. The van der Waals surface area contributed by atoms with Crippen LogP contribution in [0, 0.1) is 0 Å². The number of nitrogens with zero attached hydrogens (tertiary/aromatic N) is 6. The van der Waals surface area contributed by atoms with Gasteiger partial charge in [0.25, 0.3) is 23.6 Å². The van der Waals surface area contributed by atoms with E-state index in [4.69, 9.17) is 9.05 Å². The fraction of sp³-hybridized carbons (Fsp3) is 0.222. The number of rotatable bonds is 10. The second kappa shape index (κ2) is 13.2. The van der Waals surface area contributed by atoms with Gasteiger partial charge in [-0.05, 0) is 48.2 Å². The normalized spacial score (nSPS) is 17.2. The maximum absolute atomic E-state index is 13.5. The van der Waals surface area contributed by atoms with E-state index >= 15 is 0 Å². The number of carbonyl (C=O) groups excluding carboxylic acids is 2. The minimum Gasteiger partial charge on any atom is -0.337 e. The Kier molecular flexibility index (Phi) is 8.32. The van der Waals surface area contributed by atoms with Crippen molar-refractivity contribution in [1.82, 2.24) is 30.1 Å². The lowest BCUT2D eigenvalue weighted by atomic mass is 10.1. The van der Waals surface area contributed by atoms with E-state index in [2.05, 4.69) is 44.5 Å². The Bertz CT molecular complexity index is 1730. The molecular formula is C36H32N6O4. The molecule has 0 N–H and O–H groups in total. The van der Waals surface area contributed by atoms with Gasteiger partial charge in [0.2, 0.25) is 0 Å². The fourth-order valence-electron chi connectivity index (χ4n) is 5.76. The number of aromatic nitrogens is 4.